The van der Waals surface area contributed by atoms with Crippen molar-refractivity contribution < 1.29 is 54.8 Å². The molecular formula is C28H31ClF2N10O6. The highest BCUT2D eigenvalue weighted by molar-refractivity contribution is 5.94. The van der Waals surface area contributed by atoms with Crippen molar-refractivity contribution in [3.8, 4) is 5.69 Å². The van der Waals surface area contributed by atoms with Crippen LogP contribution in [-0.4, -0.2) is 90.3 Å². The molecular weight excluding hydrogens is 646 g/mol. The Morgan fingerprint density at radius 1 is 1.11 bits per heavy atom. The van der Waals surface area contributed by atoms with Gasteiger partial charge in [-0.25, -0.2) is 23.1 Å². The number of anilines is 1. The smallest absolute Gasteiger partial charge is 0.511 e. The van der Waals surface area contributed by atoms with Crippen molar-refractivity contribution in [3.63, 3.8) is 0 Å². The summed E-state index contributed by atoms with van der Waals surface area (Å²) in [5.74, 6) is -2.10. The number of aliphatic hydroxyl groups is 1. The van der Waals surface area contributed by atoms with Crippen LogP contribution in [0.3, 0.4) is 0 Å². The monoisotopic (exact) mass is 676 g/mol. The van der Waals surface area contributed by atoms with Crippen molar-refractivity contribution in [2.24, 2.45) is 0 Å². The summed E-state index contributed by atoms with van der Waals surface area (Å²) in [5, 5.41) is 29.9. The van der Waals surface area contributed by atoms with Crippen LogP contribution >= 0.6 is 0 Å². The second-order valence-electron chi connectivity index (χ2n) is 10.4. The van der Waals surface area contributed by atoms with Crippen molar-refractivity contribution >= 4 is 23.8 Å². The minimum absolute atomic E-state index is 0. The predicted octanol–water partition coefficient (Wildman–Crippen LogP) is -2.11. The summed E-state index contributed by atoms with van der Waals surface area (Å²) in [6.07, 6.45) is 3.16. The SMILES string of the molecule is CC(=O)NCCOC(=O)OCn1cn[n+](C[C@](O)(c2ccc(F)cc2F)[C@@H](C)N2CCN(c3ccc(-n4cnnn4)cc3)C2=O)c1.[Cl-]. The fourth-order valence-electron chi connectivity index (χ4n) is 5.05. The van der Waals surface area contributed by atoms with Crippen molar-refractivity contribution in [3.05, 3.63) is 78.6 Å². The van der Waals surface area contributed by atoms with Crippen LogP contribution in [-0.2, 0) is 33.1 Å². The van der Waals surface area contributed by atoms with E-state index < -0.39 is 35.5 Å². The maximum Gasteiger partial charge on any atom is 0.511 e. The van der Waals surface area contributed by atoms with Gasteiger partial charge in [-0.2, -0.15) is 4.57 Å². The van der Waals surface area contributed by atoms with E-state index in [-0.39, 0.29) is 63.4 Å². The van der Waals surface area contributed by atoms with E-state index in [1.54, 1.807) is 31.2 Å². The number of ether oxygens (including phenoxy) is 2. The topological polar surface area (TPSA) is 174 Å². The van der Waals surface area contributed by atoms with Crippen molar-refractivity contribution in [2.45, 2.75) is 38.8 Å². The number of halogens is 3. The number of rotatable bonds is 12. The molecule has 1 saturated heterocycles. The van der Waals surface area contributed by atoms with Crippen LogP contribution in [0.1, 0.15) is 19.4 Å². The molecule has 1 aliphatic heterocycles. The third-order valence-electron chi connectivity index (χ3n) is 7.43. The van der Waals surface area contributed by atoms with E-state index in [2.05, 4.69) is 25.9 Å². The lowest BCUT2D eigenvalue weighted by molar-refractivity contribution is -0.765. The molecule has 0 bridgehead atoms. The van der Waals surface area contributed by atoms with Crippen LogP contribution in [0, 0.1) is 11.6 Å². The van der Waals surface area contributed by atoms with E-state index in [1.807, 2.05) is 0 Å². The third kappa shape index (κ3) is 7.95. The lowest BCUT2D eigenvalue weighted by Gasteiger charge is -2.38. The molecule has 0 aliphatic carbocycles. The summed E-state index contributed by atoms with van der Waals surface area (Å²) in [6.45, 7) is 2.78. The highest BCUT2D eigenvalue weighted by Gasteiger charge is 2.48. The molecule has 3 heterocycles. The average molecular weight is 677 g/mol. The van der Waals surface area contributed by atoms with Gasteiger partial charge < -0.3 is 37.2 Å². The van der Waals surface area contributed by atoms with Crippen molar-refractivity contribution in [2.75, 3.05) is 31.1 Å². The van der Waals surface area contributed by atoms with Gasteiger partial charge in [-0.1, -0.05) is 6.07 Å². The normalized spacial score (nSPS) is 14.7. The molecule has 2 atom stereocenters. The van der Waals surface area contributed by atoms with E-state index in [4.69, 9.17) is 9.47 Å². The minimum atomic E-state index is -2.08. The lowest BCUT2D eigenvalue weighted by Crippen LogP contribution is -3.00. The number of aromatic nitrogens is 7. The lowest BCUT2D eigenvalue weighted by atomic mass is 9.85. The fourth-order valence-corrected chi connectivity index (χ4v) is 5.05. The highest BCUT2D eigenvalue weighted by atomic mass is 35.5. The number of carbonyl (C=O) groups is 3. The standard InChI is InChI=1S/C28H30F2N10O6.ClH/c1-19(38-10-11-39(26(38)42)22-4-6-23(7-5-22)40-15-32-34-35-40)28(44,24-8-3-21(29)13-25(24)30)14-37-17-36(16-33-37)18-46-27(43)45-12-9-31-20(2)41;/h3-8,13,15-17,19,44H,9-12,14,18H2,1-2H3;1H/t19-,28-;/m1./s1. The first-order chi connectivity index (χ1) is 22.0. The van der Waals surface area contributed by atoms with Gasteiger partial charge in [0.25, 0.3) is 6.33 Å². The third-order valence-corrected chi connectivity index (χ3v) is 7.43. The number of nitrogens with one attached hydrogen (secondary N) is 1. The molecule has 4 aromatic rings. The molecule has 0 spiro atoms. The van der Waals surface area contributed by atoms with E-state index in [0.717, 1.165) is 12.1 Å². The number of urea groups is 1. The number of hydrogen-bond donors (Lipinski definition) is 2. The van der Waals surface area contributed by atoms with Gasteiger partial charge in [0.15, 0.2) is 5.60 Å². The number of carbonyl (C=O) groups excluding carboxylic acids is 3. The maximum absolute atomic E-state index is 15.2. The summed E-state index contributed by atoms with van der Waals surface area (Å²) in [4.78, 5) is 39.3. The Hall–Kier alpha value is -5.23. The molecule has 0 unspecified atom stereocenters. The summed E-state index contributed by atoms with van der Waals surface area (Å²) < 4.78 is 43.1. The molecule has 0 radical (unpaired) electrons. The zero-order valence-corrected chi connectivity index (χ0v) is 26.0. The molecule has 2 aromatic carbocycles. The molecule has 47 heavy (non-hydrogen) atoms. The van der Waals surface area contributed by atoms with Crippen LogP contribution in [0.4, 0.5) is 24.1 Å². The van der Waals surface area contributed by atoms with Crippen molar-refractivity contribution in [1.82, 2.24) is 40.1 Å². The minimum Gasteiger partial charge on any atom is -1.00 e. The second kappa shape index (κ2) is 14.9. The number of nitrogens with zero attached hydrogens (tertiary/aromatic N) is 9. The van der Waals surface area contributed by atoms with Crippen LogP contribution in [0.2, 0.25) is 0 Å². The molecule has 5 rings (SSSR count). The summed E-state index contributed by atoms with van der Waals surface area (Å²) in [6, 6.07) is 8.34. The zero-order chi connectivity index (χ0) is 32.8. The largest absolute Gasteiger partial charge is 1.00 e. The Morgan fingerprint density at radius 2 is 1.85 bits per heavy atom. The van der Waals surface area contributed by atoms with Gasteiger partial charge in [-0.15, -0.1) is 9.78 Å². The number of tetrazole rings is 1. The van der Waals surface area contributed by atoms with Gasteiger partial charge in [0, 0.05) is 37.3 Å². The molecule has 3 amide bonds. The fraction of sp³-hybridized carbons (Fsp3) is 0.357. The van der Waals surface area contributed by atoms with Gasteiger partial charge in [0.2, 0.25) is 19.0 Å². The highest BCUT2D eigenvalue weighted by Crippen LogP contribution is 2.34. The molecule has 250 valence electrons. The Morgan fingerprint density at radius 3 is 2.53 bits per heavy atom. The molecule has 1 fully saturated rings. The van der Waals surface area contributed by atoms with E-state index in [0.29, 0.717) is 17.4 Å². The quantitative estimate of drug-likeness (QED) is 0.0961. The summed E-state index contributed by atoms with van der Waals surface area (Å²) in [7, 11) is 0. The van der Waals surface area contributed by atoms with Gasteiger partial charge in [-0.05, 0) is 52.8 Å². The molecule has 16 nitrogen and oxygen atoms in total. The summed E-state index contributed by atoms with van der Waals surface area (Å²) in [5.41, 5.74) is -1.04. The van der Waals surface area contributed by atoms with E-state index in [1.165, 1.54) is 49.6 Å². The summed E-state index contributed by atoms with van der Waals surface area (Å²) >= 11 is 0. The second-order valence-corrected chi connectivity index (χ2v) is 10.4. The maximum atomic E-state index is 15.2. The van der Waals surface area contributed by atoms with Crippen LogP contribution < -0.4 is 27.3 Å². The van der Waals surface area contributed by atoms with Crippen LogP contribution in [0.5, 0.6) is 0 Å². The number of amides is 3. The number of benzene rings is 2. The average Bonchev–Trinajstić information content (AvgIpc) is 3.80. The molecule has 0 saturated carbocycles. The van der Waals surface area contributed by atoms with Crippen LogP contribution in [0.25, 0.3) is 5.69 Å². The Labute approximate surface area is 272 Å². The zero-order valence-electron chi connectivity index (χ0n) is 25.2. The van der Waals surface area contributed by atoms with E-state index >= 15 is 4.39 Å². The Balaban J connectivity index is 0.00000500. The molecule has 2 N–H and O–H groups in total. The Kier molecular flexibility index (Phi) is 11.0. The van der Waals surface area contributed by atoms with Gasteiger partial charge in [-0.3, -0.25) is 9.69 Å². The predicted molar refractivity (Wildman–Crippen MR) is 152 cm³/mol. The van der Waals surface area contributed by atoms with E-state index in [9.17, 15) is 23.9 Å². The van der Waals surface area contributed by atoms with Crippen molar-refractivity contribution in [1.29, 1.82) is 0 Å². The first-order valence-electron chi connectivity index (χ1n) is 14.1. The number of hydrogen-bond acceptors (Lipinski definition) is 10. The first kappa shape index (κ1) is 34.6. The first-order valence-corrected chi connectivity index (χ1v) is 14.1. The van der Waals surface area contributed by atoms with Crippen LogP contribution in [0.15, 0.2) is 61.4 Å². The molecule has 1 aliphatic rings. The molecule has 19 heteroatoms. The Bertz CT molecular complexity index is 1690. The van der Waals surface area contributed by atoms with Gasteiger partial charge >= 0.3 is 12.2 Å². The molecule has 2 aromatic heterocycles. The van der Waals surface area contributed by atoms with Gasteiger partial charge in [0.05, 0.1) is 18.3 Å². The van der Waals surface area contributed by atoms with Gasteiger partial charge in [0.1, 0.15) is 31.1 Å².